The monoisotopic (exact) mass is 594 g/mol. The topological polar surface area (TPSA) is 113 Å². The van der Waals surface area contributed by atoms with E-state index in [0.29, 0.717) is 37.7 Å². The van der Waals surface area contributed by atoms with Crippen LogP contribution in [0, 0.1) is 0 Å². The van der Waals surface area contributed by atoms with Crippen LogP contribution < -0.4 is 0 Å². The Morgan fingerprint density at radius 2 is 1.24 bits per heavy atom. The number of esters is 1. The Hall–Kier alpha value is -1.28. The number of hydrogen-bond acceptors (Lipinski definition) is 7. The van der Waals surface area contributed by atoms with Crippen LogP contribution in [-0.4, -0.2) is 63.7 Å². The van der Waals surface area contributed by atoms with Gasteiger partial charge in [-0.2, -0.15) is 0 Å². The quantitative estimate of drug-likeness (QED) is 0.0713. The molecule has 0 saturated carbocycles. The van der Waals surface area contributed by atoms with Crippen molar-refractivity contribution < 1.29 is 34.4 Å². The number of unbranched alkanes of at least 4 members (excludes halogenated alkanes) is 12. The van der Waals surface area contributed by atoms with Gasteiger partial charge in [-0.15, -0.1) is 0 Å². The molecule has 7 nitrogen and oxygen atoms in total. The highest BCUT2D eigenvalue weighted by atomic mass is 16.5. The molecule has 7 heteroatoms. The lowest BCUT2D eigenvalue weighted by molar-refractivity contribution is -0.139. The summed E-state index contributed by atoms with van der Waals surface area (Å²) in [7, 11) is 0. The number of cyclic esters (lactones) is 1. The first-order chi connectivity index (χ1) is 20.3. The Labute approximate surface area is 255 Å². The summed E-state index contributed by atoms with van der Waals surface area (Å²) < 4.78 is 11.1. The van der Waals surface area contributed by atoms with Crippen LogP contribution in [-0.2, 0) is 19.1 Å². The van der Waals surface area contributed by atoms with Gasteiger partial charge in [0.15, 0.2) is 0 Å². The predicted octanol–water partition coefficient (Wildman–Crippen LogP) is 7.27. The van der Waals surface area contributed by atoms with E-state index in [4.69, 9.17) is 9.47 Å². The van der Waals surface area contributed by atoms with Gasteiger partial charge in [-0.05, 0) is 57.9 Å². The SMILES string of the molecule is CCCCCCCCCCCC[C@H](O)[C@H]1CC[C@@H]([C@H](O)CCCCC(=O)CCCCC[C@H](O)CC2=C[C@H](C)OC2=O)O1. The zero-order valence-electron chi connectivity index (χ0n) is 26.8. The van der Waals surface area contributed by atoms with E-state index in [1.165, 1.54) is 57.8 Å². The lowest BCUT2D eigenvalue weighted by Gasteiger charge is -2.22. The summed E-state index contributed by atoms with van der Waals surface area (Å²) >= 11 is 0. The van der Waals surface area contributed by atoms with E-state index < -0.39 is 18.3 Å². The Bertz CT molecular complexity index is 766. The molecular weight excluding hydrogens is 532 g/mol. The van der Waals surface area contributed by atoms with Gasteiger partial charge in [0.25, 0.3) is 0 Å². The second kappa shape index (κ2) is 22.3. The fraction of sp³-hybridized carbons (Fsp3) is 0.886. The minimum absolute atomic E-state index is 0.161. The molecule has 0 radical (unpaired) electrons. The Balaban J connectivity index is 1.41. The van der Waals surface area contributed by atoms with Gasteiger partial charge in [0.2, 0.25) is 0 Å². The number of ether oxygens (including phenoxy) is 2. The molecule has 3 N–H and O–H groups in total. The molecule has 1 fully saturated rings. The normalized spacial score (nSPS) is 22.6. The Morgan fingerprint density at radius 3 is 1.79 bits per heavy atom. The van der Waals surface area contributed by atoms with Crippen molar-refractivity contribution in [2.45, 2.75) is 198 Å². The highest BCUT2D eigenvalue weighted by molar-refractivity contribution is 5.90. The summed E-state index contributed by atoms with van der Waals surface area (Å²) in [5.74, 6) is -0.0709. The van der Waals surface area contributed by atoms with Crippen LogP contribution >= 0.6 is 0 Å². The van der Waals surface area contributed by atoms with Crippen LogP contribution in [0.15, 0.2) is 11.6 Å². The van der Waals surface area contributed by atoms with Gasteiger partial charge < -0.3 is 24.8 Å². The number of aliphatic hydroxyl groups is 3. The van der Waals surface area contributed by atoms with E-state index in [0.717, 1.165) is 57.8 Å². The molecule has 6 atom stereocenters. The lowest BCUT2D eigenvalue weighted by atomic mass is 9.99. The minimum Gasteiger partial charge on any atom is -0.455 e. The predicted molar refractivity (Wildman–Crippen MR) is 167 cm³/mol. The molecule has 0 amide bonds. The number of hydrogen-bond donors (Lipinski definition) is 3. The van der Waals surface area contributed by atoms with E-state index in [2.05, 4.69) is 6.92 Å². The maximum Gasteiger partial charge on any atom is 0.334 e. The lowest BCUT2D eigenvalue weighted by Crippen LogP contribution is -2.31. The molecule has 42 heavy (non-hydrogen) atoms. The Morgan fingerprint density at radius 1 is 0.762 bits per heavy atom. The zero-order chi connectivity index (χ0) is 30.6. The van der Waals surface area contributed by atoms with Gasteiger partial charge >= 0.3 is 5.97 Å². The van der Waals surface area contributed by atoms with Gasteiger partial charge in [-0.25, -0.2) is 4.79 Å². The van der Waals surface area contributed by atoms with Crippen molar-refractivity contribution in [2.75, 3.05) is 0 Å². The first kappa shape index (κ1) is 36.9. The van der Waals surface area contributed by atoms with E-state index in [-0.39, 0.29) is 30.1 Å². The van der Waals surface area contributed by atoms with Crippen LogP contribution in [0.3, 0.4) is 0 Å². The molecule has 244 valence electrons. The average Bonchev–Trinajstić information content (AvgIpc) is 3.58. The standard InChI is InChI=1S/C35H62O7/c1-3-4-5-6-7-8-9-10-11-15-21-31(38)33-23-24-34(42-33)32(39)22-17-16-19-29(36)18-13-12-14-20-30(37)26-28-25-27(2)41-35(28)40/h25,27,30-34,37-39H,3-24,26H2,1-2H3/t27-,30-,31-,32+,33+,34-/m0/s1. The molecule has 0 unspecified atom stereocenters. The molecule has 2 heterocycles. The third kappa shape index (κ3) is 16.0. The van der Waals surface area contributed by atoms with Gasteiger partial charge in [-0.1, -0.05) is 90.4 Å². The van der Waals surface area contributed by atoms with Gasteiger partial charge in [0, 0.05) is 24.8 Å². The largest absolute Gasteiger partial charge is 0.455 e. The van der Waals surface area contributed by atoms with Crippen molar-refractivity contribution in [3.63, 3.8) is 0 Å². The van der Waals surface area contributed by atoms with Crippen molar-refractivity contribution in [2.24, 2.45) is 0 Å². The van der Waals surface area contributed by atoms with Crippen molar-refractivity contribution >= 4 is 11.8 Å². The molecule has 0 bridgehead atoms. The first-order valence-corrected chi connectivity index (χ1v) is 17.4. The molecule has 2 rings (SSSR count). The Kier molecular flexibility index (Phi) is 19.6. The van der Waals surface area contributed by atoms with Crippen molar-refractivity contribution in [3.8, 4) is 0 Å². The molecule has 1 saturated heterocycles. The van der Waals surface area contributed by atoms with E-state index in [9.17, 15) is 24.9 Å². The summed E-state index contributed by atoms with van der Waals surface area (Å²) in [4.78, 5) is 23.9. The summed E-state index contributed by atoms with van der Waals surface area (Å²) in [6.07, 6.45) is 21.6. The number of Topliss-reactive ketones (excluding diaryl/α,β-unsaturated/α-hetero) is 1. The fourth-order valence-electron chi connectivity index (χ4n) is 6.28. The van der Waals surface area contributed by atoms with Crippen molar-refractivity contribution in [3.05, 3.63) is 11.6 Å². The number of aliphatic hydroxyl groups excluding tert-OH is 3. The first-order valence-electron chi connectivity index (χ1n) is 17.4. The van der Waals surface area contributed by atoms with Crippen LogP contribution in [0.5, 0.6) is 0 Å². The number of carbonyl (C=O) groups is 2. The molecule has 0 aromatic rings. The van der Waals surface area contributed by atoms with Crippen molar-refractivity contribution in [1.29, 1.82) is 0 Å². The van der Waals surface area contributed by atoms with Crippen LogP contribution in [0.2, 0.25) is 0 Å². The molecule has 0 aliphatic carbocycles. The summed E-state index contributed by atoms with van der Waals surface area (Å²) in [6.45, 7) is 4.06. The highest BCUT2D eigenvalue weighted by Crippen LogP contribution is 2.28. The van der Waals surface area contributed by atoms with Crippen LogP contribution in [0.1, 0.15) is 162 Å². The molecule has 0 aromatic heterocycles. The number of carbonyl (C=O) groups excluding carboxylic acids is 2. The van der Waals surface area contributed by atoms with Gasteiger partial charge in [0.1, 0.15) is 11.9 Å². The fourth-order valence-corrected chi connectivity index (χ4v) is 6.28. The maximum absolute atomic E-state index is 12.2. The average molecular weight is 595 g/mol. The second-order valence-electron chi connectivity index (χ2n) is 12.9. The zero-order valence-corrected chi connectivity index (χ0v) is 26.8. The molecule has 0 spiro atoms. The molecule has 2 aliphatic rings. The number of ketones is 1. The molecular formula is C35H62O7. The van der Waals surface area contributed by atoms with Gasteiger partial charge in [0.05, 0.1) is 30.5 Å². The van der Waals surface area contributed by atoms with Crippen molar-refractivity contribution in [1.82, 2.24) is 0 Å². The third-order valence-electron chi connectivity index (χ3n) is 8.94. The summed E-state index contributed by atoms with van der Waals surface area (Å²) in [6, 6.07) is 0. The maximum atomic E-state index is 12.2. The van der Waals surface area contributed by atoms with Crippen LogP contribution in [0.25, 0.3) is 0 Å². The van der Waals surface area contributed by atoms with Crippen LogP contribution in [0.4, 0.5) is 0 Å². The minimum atomic E-state index is -0.553. The van der Waals surface area contributed by atoms with E-state index >= 15 is 0 Å². The third-order valence-corrected chi connectivity index (χ3v) is 8.94. The smallest absolute Gasteiger partial charge is 0.334 e. The summed E-state index contributed by atoms with van der Waals surface area (Å²) in [5.41, 5.74) is 0.562. The number of rotatable bonds is 26. The van der Waals surface area contributed by atoms with E-state index in [1.54, 1.807) is 6.08 Å². The van der Waals surface area contributed by atoms with E-state index in [1.807, 2.05) is 6.92 Å². The molecule has 0 aromatic carbocycles. The molecule has 2 aliphatic heterocycles. The highest BCUT2D eigenvalue weighted by Gasteiger charge is 2.34. The summed E-state index contributed by atoms with van der Waals surface area (Å²) in [5, 5.41) is 31.3. The second-order valence-corrected chi connectivity index (χ2v) is 12.9. The van der Waals surface area contributed by atoms with Gasteiger partial charge in [-0.3, -0.25) is 4.79 Å².